The lowest BCUT2D eigenvalue weighted by molar-refractivity contribution is 0.722. The van der Waals surface area contributed by atoms with Crippen LogP contribution in [0.1, 0.15) is 23.6 Å². The summed E-state index contributed by atoms with van der Waals surface area (Å²) >= 11 is 3.57. The Balaban J connectivity index is 2.22. The van der Waals surface area contributed by atoms with Crippen LogP contribution in [0.2, 0.25) is 0 Å². The fraction of sp³-hybridized carbons (Fsp3) is 0.333. The van der Waals surface area contributed by atoms with Gasteiger partial charge >= 0.3 is 0 Å². The van der Waals surface area contributed by atoms with Crippen LogP contribution in [0, 0.1) is 6.92 Å². The van der Waals surface area contributed by atoms with Crippen molar-refractivity contribution in [1.29, 1.82) is 0 Å². The third-order valence-electron chi connectivity index (χ3n) is 3.69. The minimum atomic E-state index is 0.892. The van der Waals surface area contributed by atoms with Gasteiger partial charge in [0.15, 0.2) is 0 Å². The Morgan fingerprint density at radius 2 is 1.86 bits per heavy atom. The molecule has 2 rings (SSSR count). The van der Waals surface area contributed by atoms with E-state index in [4.69, 9.17) is 0 Å². The van der Waals surface area contributed by atoms with Gasteiger partial charge in [-0.3, -0.25) is 0 Å². The number of aryl methyl sites for hydroxylation is 1. The number of rotatable bonds is 6. The first-order chi connectivity index (χ1) is 10.1. The van der Waals surface area contributed by atoms with Crippen molar-refractivity contribution < 1.29 is 0 Å². The van der Waals surface area contributed by atoms with Crippen molar-refractivity contribution in [3.8, 4) is 0 Å². The normalized spacial score (nSPS) is 10.7. The summed E-state index contributed by atoms with van der Waals surface area (Å²) < 4.78 is 1.13. The maximum absolute atomic E-state index is 3.57. The van der Waals surface area contributed by atoms with E-state index in [0.717, 1.165) is 24.1 Å². The highest BCUT2D eigenvalue weighted by molar-refractivity contribution is 9.10. The van der Waals surface area contributed by atoms with Gasteiger partial charge in [0.05, 0.1) is 0 Å². The van der Waals surface area contributed by atoms with E-state index in [0.29, 0.717) is 0 Å². The second kappa shape index (κ2) is 7.62. The third-order valence-corrected chi connectivity index (χ3v) is 4.18. The molecule has 0 aliphatic rings. The van der Waals surface area contributed by atoms with Gasteiger partial charge in [0.25, 0.3) is 0 Å². The number of anilines is 1. The fourth-order valence-electron chi connectivity index (χ4n) is 2.46. The van der Waals surface area contributed by atoms with E-state index in [9.17, 15) is 0 Å². The minimum absolute atomic E-state index is 0.892. The second-order valence-corrected chi connectivity index (χ2v) is 6.25. The molecule has 3 heteroatoms. The SMILES string of the molecule is CCNCc1cc(Br)ccc1N(C)Cc1ccccc1C. The van der Waals surface area contributed by atoms with E-state index in [1.165, 1.54) is 22.4 Å². The number of nitrogens with zero attached hydrogens (tertiary/aromatic N) is 1. The van der Waals surface area contributed by atoms with Crippen LogP contribution in [0.15, 0.2) is 46.9 Å². The molecular weight excluding hydrogens is 324 g/mol. The maximum atomic E-state index is 3.57. The fourth-order valence-corrected chi connectivity index (χ4v) is 2.86. The Morgan fingerprint density at radius 1 is 1.10 bits per heavy atom. The van der Waals surface area contributed by atoms with Gasteiger partial charge in [-0.2, -0.15) is 0 Å². The predicted octanol–water partition coefficient (Wildman–Crippen LogP) is 4.50. The van der Waals surface area contributed by atoms with Gasteiger partial charge < -0.3 is 10.2 Å². The zero-order valence-electron chi connectivity index (χ0n) is 13.0. The van der Waals surface area contributed by atoms with Crippen molar-refractivity contribution in [3.63, 3.8) is 0 Å². The second-order valence-electron chi connectivity index (χ2n) is 5.34. The Labute approximate surface area is 136 Å². The molecule has 0 unspecified atom stereocenters. The summed E-state index contributed by atoms with van der Waals surface area (Å²) in [7, 11) is 2.16. The lowest BCUT2D eigenvalue weighted by Gasteiger charge is -2.24. The van der Waals surface area contributed by atoms with Gasteiger partial charge in [0, 0.05) is 30.3 Å². The Hall–Kier alpha value is -1.32. The number of hydrogen-bond acceptors (Lipinski definition) is 2. The van der Waals surface area contributed by atoms with Crippen LogP contribution in [-0.2, 0) is 13.1 Å². The molecule has 1 N–H and O–H groups in total. The van der Waals surface area contributed by atoms with Crippen molar-refractivity contribution in [1.82, 2.24) is 5.32 Å². The van der Waals surface area contributed by atoms with Crippen molar-refractivity contribution in [2.24, 2.45) is 0 Å². The molecule has 0 saturated heterocycles. The van der Waals surface area contributed by atoms with Crippen LogP contribution in [0.4, 0.5) is 5.69 Å². The van der Waals surface area contributed by atoms with Crippen molar-refractivity contribution in [2.75, 3.05) is 18.5 Å². The predicted molar refractivity (Wildman–Crippen MR) is 94.8 cm³/mol. The molecule has 21 heavy (non-hydrogen) atoms. The highest BCUT2D eigenvalue weighted by atomic mass is 79.9. The number of benzene rings is 2. The minimum Gasteiger partial charge on any atom is -0.370 e. The van der Waals surface area contributed by atoms with Gasteiger partial charge in [0.2, 0.25) is 0 Å². The average Bonchev–Trinajstić information content (AvgIpc) is 2.47. The molecule has 0 fully saturated rings. The zero-order valence-corrected chi connectivity index (χ0v) is 14.6. The topological polar surface area (TPSA) is 15.3 Å². The van der Waals surface area contributed by atoms with Crippen LogP contribution < -0.4 is 10.2 Å². The molecule has 0 amide bonds. The zero-order chi connectivity index (χ0) is 15.2. The molecule has 2 aromatic carbocycles. The molecule has 0 spiro atoms. The first-order valence-electron chi connectivity index (χ1n) is 7.36. The van der Waals surface area contributed by atoms with Crippen molar-refractivity contribution >= 4 is 21.6 Å². The van der Waals surface area contributed by atoms with Crippen LogP contribution in [0.25, 0.3) is 0 Å². The first kappa shape index (κ1) is 16.1. The van der Waals surface area contributed by atoms with E-state index in [1.54, 1.807) is 0 Å². The Morgan fingerprint density at radius 3 is 2.57 bits per heavy atom. The maximum Gasteiger partial charge on any atom is 0.0428 e. The molecule has 0 bridgehead atoms. The van der Waals surface area contributed by atoms with Crippen LogP contribution >= 0.6 is 15.9 Å². The van der Waals surface area contributed by atoms with E-state index >= 15 is 0 Å². The van der Waals surface area contributed by atoms with E-state index < -0.39 is 0 Å². The molecule has 0 saturated carbocycles. The number of hydrogen-bond donors (Lipinski definition) is 1. The largest absolute Gasteiger partial charge is 0.370 e. The van der Waals surface area contributed by atoms with Gasteiger partial charge in [-0.1, -0.05) is 47.1 Å². The van der Waals surface area contributed by atoms with Gasteiger partial charge in [-0.05, 0) is 48.4 Å². The number of nitrogens with one attached hydrogen (secondary N) is 1. The van der Waals surface area contributed by atoms with Crippen molar-refractivity contribution in [3.05, 3.63) is 63.6 Å². The van der Waals surface area contributed by atoms with E-state index in [-0.39, 0.29) is 0 Å². The van der Waals surface area contributed by atoms with Gasteiger partial charge in [-0.25, -0.2) is 0 Å². The lowest BCUT2D eigenvalue weighted by Crippen LogP contribution is -2.21. The molecule has 2 aromatic rings. The summed E-state index contributed by atoms with van der Waals surface area (Å²) in [6.07, 6.45) is 0. The summed E-state index contributed by atoms with van der Waals surface area (Å²) in [6, 6.07) is 15.1. The van der Waals surface area contributed by atoms with Crippen molar-refractivity contribution in [2.45, 2.75) is 26.9 Å². The highest BCUT2D eigenvalue weighted by Gasteiger charge is 2.09. The summed E-state index contributed by atoms with van der Waals surface area (Å²) in [6.45, 7) is 7.10. The molecule has 0 aliphatic carbocycles. The molecule has 2 nitrogen and oxygen atoms in total. The Kier molecular flexibility index (Phi) is 5.83. The summed E-state index contributed by atoms with van der Waals surface area (Å²) in [4.78, 5) is 2.32. The van der Waals surface area contributed by atoms with E-state index in [1.807, 2.05) is 0 Å². The third kappa shape index (κ3) is 4.32. The quantitative estimate of drug-likeness (QED) is 0.828. The summed E-state index contributed by atoms with van der Waals surface area (Å²) in [5, 5.41) is 3.41. The molecule has 112 valence electrons. The summed E-state index contributed by atoms with van der Waals surface area (Å²) in [5.41, 5.74) is 5.32. The standard InChI is InChI=1S/C18H23BrN2/c1-4-20-12-16-11-17(19)9-10-18(16)21(3)13-15-8-6-5-7-14(15)2/h5-11,20H,4,12-13H2,1-3H3. The average molecular weight is 347 g/mol. The Bertz CT molecular complexity index is 596. The molecular formula is C18H23BrN2. The van der Waals surface area contributed by atoms with Gasteiger partial charge in [-0.15, -0.1) is 0 Å². The smallest absolute Gasteiger partial charge is 0.0428 e. The van der Waals surface area contributed by atoms with Gasteiger partial charge in [0.1, 0.15) is 0 Å². The highest BCUT2D eigenvalue weighted by Crippen LogP contribution is 2.25. The monoisotopic (exact) mass is 346 g/mol. The molecule has 0 heterocycles. The first-order valence-corrected chi connectivity index (χ1v) is 8.16. The van der Waals surface area contributed by atoms with Crippen LogP contribution in [-0.4, -0.2) is 13.6 Å². The molecule has 0 aliphatic heterocycles. The summed E-state index contributed by atoms with van der Waals surface area (Å²) in [5.74, 6) is 0. The van der Waals surface area contributed by atoms with Crippen LogP contribution in [0.5, 0.6) is 0 Å². The molecule has 0 radical (unpaired) electrons. The van der Waals surface area contributed by atoms with Crippen LogP contribution in [0.3, 0.4) is 0 Å². The number of halogens is 1. The lowest BCUT2D eigenvalue weighted by atomic mass is 10.1. The molecule has 0 atom stereocenters. The molecule has 0 aromatic heterocycles. The van der Waals surface area contributed by atoms with E-state index in [2.05, 4.69) is 89.5 Å².